The molecular formula is C11H18O3. The first-order chi connectivity index (χ1) is 6.81. The molecule has 0 aliphatic carbocycles. The highest BCUT2D eigenvalue weighted by Crippen LogP contribution is 1.92. The Morgan fingerprint density at radius 3 is 1.79 bits per heavy atom. The number of rotatable bonds is 6. The maximum Gasteiger partial charge on any atom is 0.508 e. The summed E-state index contributed by atoms with van der Waals surface area (Å²) in [6.45, 7) is 4.62. The van der Waals surface area contributed by atoms with E-state index >= 15 is 0 Å². The molecule has 0 aromatic carbocycles. The van der Waals surface area contributed by atoms with Crippen LogP contribution in [-0.2, 0) is 9.47 Å². The molecule has 0 saturated carbocycles. The van der Waals surface area contributed by atoms with E-state index in [1.165, 1.54) is 0 Å². The lowest BCUT2D eigenvalue weighted by atomic mass is 10.4. The van der Waals surface area contributed by atoms with Crippen LogP contribution < -0.4 is 0 Å². The van der Waals surface area contributed by atoms with Crippen molar-refractivity contribution in [1.29, 1.82) is 0 Å². The van der Waals surface area contributed by atoms with Gasteiger partial charge in [-0.05, 0) is 26.7 Å². The van der Waals surface area contributed by atoms with E-state index in [-0.39, 0.29) is 0 Å². The van der Waals surface area contributed by atoms with Gasteiger partial charge in [0.25, 0.3) is 0 Å². The summed E-state index contributed by atoms with van der Waals surface area (Å²) in [5.74, 6) is 0. The molecule has 80 valence electrons. The second-order valence-electron chi connectivity index (χ2n) is 2.66. The van der Waals surface area contributed by atoms with E-state index in [2.05, 4.69) is 0 Å². The molecular weight excluding hydrogens is 180 g/mol. The van der Waals surface area contributed by atoms with Crippen molar-refractivity contribution in [2.24, 2.45) is 0 Å². The third-order valence-corrected chi connectivity index (χ3v) is 1.48. The smallest absolute Gasteiger partial charge is 0.434 e. The molecule has 0 heterocycles. The highest BCUT2D eigenvalue weighted by molar-refractivity contribution is 5.59. The van der Waals surface area contributed by atoms with Crippen molar-refractivity contribution in [3.05, 3.63) is 24.3 Å². The summed E-state index contributed by atoms with van der Waals surface area (Å²) in [5.41, 5.74) is 0. The minimum absolute atomic E-state index is 0.382. The first-order valence-electron chi connectivity index (χ1n) is 4.83. The number of allylic oxidation sites excluding steroid dienone is 2. The largest absolute Gasteiger partial charge is 0.508 e. The Hall–Kier alpha value is -1.25. The third-order valence-electron chi connectivity index (χ3n) is 1.48. The SMILES string of the molecule is CC=CCCOC(=O)OCCC=CC. The van der Waals surface area contributed by atoms with Crippen molar-refractivity contribution < 1.29 is 14.3 Å². The highest BCUT2D eigenvalue weighted by Gasteiger charge is 2.00. The molecule has 0 atom stereocenters. The molecule has 3 nitrogen and oxygen atoms in total. The number of hydrogen-bond acceptors (Lipinski definition) is 3. The van der Waals surface area contributed by atoms with Gasteiger partial charge in [0, 0.05) is 0 Å². The first kappa shape index (κ1) is 12.8. The molecule has 0 unspecified atom stereocenters. The van der Waals surface area contributed by atoms with Crippen molar-refractivity contribution >= 4 is 6.16 Å². The Balaban J connectivity index is 3.28. The molecule has 3 heteroatoms. The van der Waals surface area contributed by atoms with Crippen LogP contribution in [-0.4, -0.2) is 19.4 Å². The normalized spacial score (nSPS) is 11.0. The zero-order chi connectivity index (χ0) is 10.6. The molecule has 0 aromatic rings. The highest BCUT2D eigenvalue weighted by atomic mass is 16.7. The predicted octanol–water partition coefficient (Wildman–Crippen LogP) is 3.07. The summed E-state index contributed by atoms with van der Waals surface area (Å²) in [7, 11) is 0. The van der Waals surface area contributed by atoms with Gasteiger partial charge >= 0.3 is 6.16 Å². The molecule has 0 amide bonds. The fraction of sp³-hybridized carbons (Fsp3) is 0.545. The summed E-state index contributed by atoms with van der Waals surface area (Å²) in [5, 5.41) is 0. The minimum atomic E-state index is -0.584. The van der Waals surface area contributed by atoms with Gasteiger partial charge in [0.1, 0.15) is 0 Å². The van der Waals surface area contributed by atoms with Gasteiger partial charge in [-0.15, -0.1) is 0 Å². The summed E-state index contributed by atoms with van der Waals surface area (Å²) < 4.78 is 9.58. The average molecular weight is 198 g/mol. The molecule has 0 N–H and O–H groups in total. The zero-order valence-electron chi connectivity index (χ0n) is 8.86. The monoisotopic (exact) mass is 198 g/mol. The second kappa shape index (κ2) is 9.84. The van der Waals surface area contributed by atoms with E-state index in [0.29, 0.717) is 13.2 Å². The molecule has 0 rings (SSSR count). The molecule has 0 radical (unpaired) electrons. The lowest BCUT2D eigenvalue weighted by Gasteiger charge is -2.03. The van der Waals surface area contributed by atoms with Gasteiger partial charge in [0.2, 0.25) is 0 Å². The van der Waals surface area contributed by atoms with Crippen LogP contribution in [0.5, 0.6) is 0 Å². The van der Waals surface area contributed by atoms with Gasteiger partial charge in [0.15, 0.2) is 0 Å². The van der Waals surface area contributed by atoms with Gasteiger partial charge in [-0.25, -0.2) is 4.79 Å². The predicted molar refractivity (Wildman–Crippen MR) is 56.2 cm³/mol. The second-order valence-corrected chi connectivity index (χ2v) is 2.66. The summed E-state index contributed by atoms with van der Waals surface area (Å²) in [6, 6.07) is 0. The van der Waals surface area contributed by atoms with E-state index in [4.69, 9.17) is 9.47 Å². The van der Waals surface area contributed by atoms with Crippen molar-refractivity contribution in [3.63, 3.8) is 0 Å². The van der Waals surface area contributed by atoms with Crippen molar-refractivity contribution in [1.82, 2.24) is 0 Å². The van der Waals surface area contributed by atoms with Gasteiger partial charge in [-0.2, -0.15) is 0 Å². The Morgan fingerprint density at radius 2 is 1.43 bits per heavy atom. The summed E-state index contributed by atoms with van der Waals surface area (Å²) in [4.78, 5) is 10.9. The average Bonchev–Trinajstić information content (AvgIpc) is 2.19. The molecule has 0 aromatic heterocycles. The van der Waals surface area contributed by atoms with Gasteiger partial charge in [-0.1, -0.05) is 24.3 Å². The molecule has 0 fully saturated rings. The molecule has 0 bridgehead atoms. The Labute approximate surface area is 85.4 Å². The van der Waals surface area contributed by atoms with Crippen molar-refractivity contribution in [2.75, 3.05) is 13.2 Å². The van der Waals surface area contributed by atoms with E-state index in [1.807, 2.05) is 38.2 Å². The van der Waals surface area contributed by atoms with Gasteiger partial charge in [0.05, 0.1) is 13.2 Å². The van der Waals surface area contributed by atoms with Crippen LogP contribution in [0.2, 0.25) is 0 Å². The third kappa shape index (κ3) is 8.84. The number of ether oxygens (including phenoxy) is 2. The standard InChI is InChI=1S/C11H18O3/c1-3-5-7-9-13-11(12)14-10-8-6-4-2/h3-6H,7-10H2,1-2H3. The summed E-state index contributed by atoms with van der Waals surface area (Å²) >= 11 is 0. The van der Waals surface area contributed by atoms with Crippen molar-refractivity contribution in [3.8, 4) is 0 Å². The quantitative estimate of drug-likeness (QED) is 0.374. The molecule has 0 aliphatic rings. The van der Waals surface area contributed by atoms with Crippen molar-refractivity contribution in [2.45, 2.75) is 26.7 Å². The number of carbonyl (C=O) groups is 1. The Morgan fingerprint density at radius 1 is 1.00 bits per heavy atom. The lowest BCUT2D eigenvalue weighted by Crippen LogP contribution is -2.08. The van der Waals surface area contributed by atoms with E-state index in [1.54, 1.807) is 0 Å². The maximum absolute atomic E-state index is 10.9. The lowest BCUT2D eigenvalue weighted by molar-refractivity contribution is 0.0577. The van der Waals surface area contributed by atoms with Crippen LogP contribution in [0.1, 0.15) is 26.7 Å². The number of carbonyl (C=O) groups excluding carboxylic acids is 1. The first-order valence-corrected chi connectivity index (χ1v) is 4.83. The molecule has 0 spiro atoms. The zero-order valence-corrected chi connectivity index (χ0v) is 8.86. The molecule has 0 saturated heterocycles. The van der Waals surface area contributed by atoms with Crippen LogP contribution >= 0.6 is 0 Å². The van der Waals surface area contributed by atoms with Crippen LogP contribution in [0.4, 0.5) is 4.79 Å². The maximum atomic E-state index is 10.9. The van der Waals surface area contributed by atoms with Crippen LogP contribution in [0.3, 0.4) is 0 Å². The Kier molecular flexibility index (Phi) is 8.96. The minimum Gasteiger partial charge on any atom is -0.434 e. The molecule has 14 heavy (non-hydrogen) atoms. The van der Waals surface area contributed by atoms with Crippen LogP contribution in [0.15, 0.2) is 24.3 Å². The fourth-order valence-corrected chi connectivity index (χ4v) is 0.796. The van der Waals surface area contributed by atoms with Crippen LogP contribution in [0.25, 0.3) is 0 Å². The fourth-order valence-electron chi connectivity index (χ4n) is 0.796. The van der Waals surface area contributed by atoms with E-state index < -0.39 is 6.16 Å². The van der Waals surface area contributed by atoms with E-state index in [9.17, 15) is 4.79 Å². The topological polar surface area (TPSA) is 35.5 Å². The number of hydrogen-bond donors (Lipinski definition) is 0. The van der Waals surface area contributed by atoms with E-state index in [0.717, 1.165) is 12.8 Å². The molecule has 0 aliphatic heterocycles. The van der Waals surface area contributed by atoms with Crippen LogP contribution in [0, 0.1) is 0 Å². The summed E-state index contributed by atoms with van der Waals surface area (Å²) in [6.07, 6.45) is 8.60. The van der Waals surface area contributed by atoms with Gasteiger partial charge in [-0.3, -0.25) is 0 Å². The Bertz CT molecular complexity index is 175. The van der Waals surface area contributed by atoms with Gasteiger partial charge < -0.3 is 9.47 Å².